The first-order valence-electron chi connectivity index (χ1n) is 7.47. The van der Waals surface area contributed by atoms with Gasteiger partial charge < -0.3 is 14.2 Å². The van der Waals surface area contributed by atoms with Crippen LogP contribution in [-0.2, 0) is 11.2 Å². The van der Waals surface area contributed by atoms with Crippen molar-refractivity contribution < 1.29 is 14.1 Å². The Kier molecular flexibility index (Phi) is 3.54. The molecule has 2 aliphatic rings. The summed E-state index contributed by atoms with van der Waals surface area (Å²) in [4.78, 5) is 14.7. The third-order valence-corrected chi connectivity index (χ3v) is 4.53. The van der Waals surface area contributed by atoms with Crippen molar-refractivity contribution in [1.29, 1.82) is 0 Å². The van der Waals surface area contributed by atoms with Gasteiger partial charge in [-0.15, -0.1) is 0 Å². The van der Waals surface area contributed by atoms with Gasteiger partial charge in [-0.25, -0.2) is 0 Å². The molecule has 3 rings (SSSR count). The summed E-state index contributed by atoms with van der Waals surface area (Å²) < 4.78 is 10.8. The third kappa shape index (κ3) is 2.24. The van der Waals surface area contributed by atoms with Gasteiger partial charge in [0, 0.05) is 31.5 Å². The van der Waals surface area contributed by atoms with Gasteiger partial charge in [0.1, 0.15) is 11.3 Å². The first kappa shape index (κ1) is 13.6. The third-order valence-electron chi connectivity index (χ3n) is 4.53. The minimum Gasteiger partial charge on any atom is -0.381 e. The van der Waals surface area contributed by atoms with Gasteiger partial charge in [0.25, 0.3) is 5.91 Å². The van der Waals surface area contributed by atoms with E-state index in [1.165, 1.54) is 0 Å². The Balaban J connectivity index is 1.78. The second-order valence-corrected chi connectivity index (χ2v) is 6.10. The molecule has 3 heterocycles. The SMILES string of the molecule is CCCc1onc(C)c1C(=O)N1CCC2(CCOC2)C1. The number of carbonyl (C=O) groups excluding carboxylic acids is 1. The first-order chi connectivity index (χ1) is 9.65. The highest BCUT2D eigenvalue weighted by atomic mass is 16.5. The molecule has 1 aromatic rings. The number of hydrogen-bond donors (Lipinski definition) is 0. The monoisotopic (exact) mass is 278 g/mol. The van der Waals surface area contributed by atoms with E-state index >= 15 is 0 Å². The van der Waals surface area contributed by atoms with E-state index in [2.05, 4.69) is 12.1 Å². The van der Waals surface area contributed by atoms with Crippen LogP contribution in [0.3, 0.4) is 0 Å². The normalized spacial score (nSPS) is 25.8. The lowest BCUT2D eigenvalue weighted by molar-refractivity contribution is 0.0763. The predicted octanol–water partition coefficient (Wildman–Crippen LogP) is 2.19. The Labute approximate surface area is 119 Å². The van der Waals surface area contributed by atoms with E-state index in [0.29, 0.717) is 11.3 Å². The summed E-state index contributed by atoms with van der Waals surface area (Å²) in [6.45, 7) is 7.17. The van der Waals surface area contributed by atoms with Crippen LogP contribution in [0.5, 0.6) is 0 Å². The zero-order valence-electron chi connectivity index (χ0n) is 12.3. The second kappa shape index (κ2) is 5.20. The van der Waals surface area contributed by atoms with Gasteiger partial charge in [0.05, 0.1) is 12.3 Å². The second-order valence-electron chi connectivity index (χ2n) is 6.10. The minimum absolute atomic E-state index is 0.0796. The molecule has 0 aliphatic carbocycles. The molecule has 5 heteroatoms. The van der Waals surface area contributed by atoms with Crippen LogP contribution in [0.4, 0.5) is 0 Å². The molecule has 0 N–H and O–H groups in total. The van der Waals surface area contributed by atoms with E-state index in [4.69, 9.17) is 9.26 Å². The largest absolute Gasteiger partial charge is 0.381 e. The van der Waals surface area contributed by atoms with E-state index in [9.17, 15) is 4.79 Å². The van der Waals surface area contributed by atoms with Crippen LogP contribution in [0.15, 0.2) is 4.52 Å². The molecular formula is C15H22N2O3. The van der Waals surface area contributed by atoms with Gasteiger partial charge in [-0.3, -0.25) is 4.79 Å². The fourth-order valence-corrected chi connectivity index (χ4v) is 3.33. The van der Waals surface area contributed by atoms with Crippen LogP contribution in [-0.4, -0.2) is 42.3 Å². The Morgan fingerprint density at radius 1 is 1.45 bits per heavy atom. The van der Waals surface area contributed by atoms with Gasteiger partial charge in [0.15, 0.2) is 0 Å². The van der Waals surface area contributed by atoms with Crippen molar-refractivity contribution in [2.45, 2.75) is 39.5 Å². The maximum atomic E-state index is 12.7. The molecule has 1 amide bonds. The number of likely N-dealkylation sites (tertiary alicyclic amines) is 1. The predicted molar refractivity (Wildman–Crippen MR) is 73.6 cm³/mol. The average molecular weight is 278 g/mol. The lowest BCUT2D eigenvalue weighted by Crippen LogP contribution is -2.33. The van der Waals surface area contributed by atoms with Gasteiger partial charge in [-0.2, -0.15) is 0 Å². The molecule has 0 aromatic carbocycles. The smallest absolute Gasteiger partial charge is 0.259 e. The zero-order chi connectivity index (χ0) is 14.2. The van der Waals surface area contributed by atoms with Gasteiger partial charge in [-0.1, -0.05) is 12.1 Å². The van der Waals surface area contributed by atoms with Crippen LogP contribution < -0.4 is 0 Å². The Bertz CT molecular complexity index is 503. The molecule has 1 atom stereocenters. The highest BCUT2D eigenvalue weighted by Crippen LogP contribution is 2.39. The maximum Gasteiger partial charge on any atom is 0.259 e. The van der Waals surface area contributed by atoms with Crippen molar-refractivity contribution in [2.24, 2.45) is 5.41 Å². The summed E-state index contributed by atoms with van der Waals surface area (Å²) in [6.07, 6.45) is 3.84. The molecule has 0 bridgehead atoms. The molecule has 1 spiro atoms. The quantitative estimate of drug-likeness (QED) is 0.850. The number of carbonyl (C=O) groups is 1. The summed E-state index contributed by atoms with van der Waals surface area (Å²) in [6, 6.07) is 0. The fourth-order valence-electron chi connectivity index (χ4n) is 3.33. The maximum absolute atomic E-state index is 12.7. The molecule has 0 saturated carbocycles. The molecule has 1 aromatic heterocycles. The lowest BCUT2D eigenvalue weighted by Gasteiger charge is -2.22. The van der Waals surface area contributed by atoms with Gasteiger partial charge >= 0.3 is 0 Å². The summed E-state index contributed by atoms with van der Waals surface area (Å²) >= 11 is 0. The molecule has 0 radical (unpaired) electrons. The van der Waals surface area contributed by atoms with Crippen LogP contribution in [0.25, 0.3) is 0 Å². The van der Waals surface area contributed by atoms with E-state index < -0.39 is 0 Å². The molecule has 5 nitrogen and oxygen atoms in total. The Morgan fingerprint density at radius 2 is 2.30 bits per heavy atom. The van der Waals surface area contributed by atoms with Gasteiger partial charge in [-0.05, 0) is 26.2 Å². The van der Waals surface area contributed by atoms with Crippen molar-refractivity contribution in [2.75, 3.05) is 26.3 Å². The number of rotatable bonds is 3. The van der Waals surface area contributed by atoms with Gasteiger partial charge in [0.2, 0.25) is 0 Å². The molecule has 20 heavy (non-hydrogen) atoms. The Morgan fingerprint density at radius 3 is 3.00 bits per heavy atom. The molecule has 2 fully saturated rings. The van der Waals surface area contributed by atoms with E-state index in [-0.39, 0.29) is 11.3 Å². The standard InChI is InChI=1S/C15H22N2O3/c1-3-4-12-13(11(2)16-20-12)14(18)17-7-5-15(9-17)6-8-19-10-15/h3-10H2,1-2H3. The number of aryl methyl sites for hydroxylation is 2. The van der Waals surface area contributed by atoms with Crippen molar-refractivity contribution >= 4 is 5.91 Å². The van der Waals surface area contributed by atoms with E-state index in [0.717, 1.165) is 57.7 Å². The van der Waals surface area contributed by atoms with Crippen molar-refractivity contribution in [1.82, 2.24) is 10.1 Å². The van der Waals surface area contributed by atoms with Crippen LogP contribution in [0.2, 0.25) is 0 Å². The Hall–Kier alpha value is -1.36. The topological polar surface area (TPSA) is 55.6 Å². The molecule has 2 aliphatic heterocycles. The molecule has 1 unspecified atom stereocenters. The average Bonchev–Trinajstić information content (AvgIpc) is 3.14. The van der Waals surface area contributed by atoms with Crippen molar-refractivity contribution in [3.8, 4) is 0 Å². The van der Waals surface area contributed by atoms with Crippen molar-refractivity contribution in [3.05, 3.63) is 17.0 Å². The molecule has 110 valence electrons. The summed E-state index contributed by atoms with van der Waals surface area (Å²) in [5.41, 5.74) is 1.59. The van der Waals surface area contributed by atoms with Crippen LogP contribution in [0, 0.1) is 12.3 Å². The minimum atomic E-state index is 0.0796. The van der Waals surface area contributed by atoms with E-state index in [1.54, 1.807) is 0 Å². The van der Waals surface area contributed by atoms with Crippen LogP contribution >= 0.6 is 0 Å². The summed E-state index contributed by atoms with van der Waals surface area (Å²) in [7, 11) is 0. The number of hydrogen-bond acceptors (Lipinski definition) is 4. The summed E-state index contributed by atoms with van der Waals surface area (Å²) in [5, 5.41) is 3.97. The lowest BCUT2D eigenvalue weighted by atomic mass is 9.87. The summed E-state index contributed by atoms with van der Waals surface area (Å²) in [5.74, 6) is 0.814. The number of amides is 1. The zero-order valence-corrected chi connectivity index (χ0v) is 12.3. The number of nitrogens with zero attached hydrogens (tertiary/aromatic N) is 2. The fraction of sp³-hybridized carbons (Fsp3) is 0.733. The first-order valence-corrected chi connectivity index (χ1v) is 7.47. The molecular weight excluding hydrogens is 256 g/mol. The highest BCUT2D eigenvalue weighted by Gasteiger charge is 2.43. The number of ether oxygens (including phenoxy) is 1. The highest BCUT2D eigenvalue weighted by molar-refractivity contribution is 5.96. The van der Waals surface area contributed by atoms with Crippen LogP contribution in [0.1, 0.15) is 48.0 Å². The molecule has 2 saturated heterocycles. The number of aromatic nitrogens is 1. The van der Waals surface area contributed by atoms with Crippen molar-refractivity contribution in [3.63, 3.8) is 0 Å². The van der Waals surface area contributed by atoms with E-state index in [1.807, 2.05) is 11.8 Å².